The van der Waals surface area contributed by atoms with E-state index in [1.54, 1.807) is 0 Å². The summed E-state index contributed by atoms with van der Waals surface area (Å²) in [7, 11) is 0. The molecule has 1 aliphatic carbocycles. The van der Waals surface area contributed by atoms with Crippen molar-refractivity contribution < 1.29 is 9.59 Å². The second-order valence-corrected chi connectivity index (χ2v) is 8.10. The summed E-state index contributed by atoms with van der Waals surface area (Å²) in [5, 5.41) is 3.24. The van der Waals surface area contributed by atoms with Crippen LogP contribution in [0.5, 0.6) is 0 Å². The van der Waals surface area contributed by atoms with E-state index in [0.29, 0.717) is 25.3 Å². The smallest absolute Gasteiger partial charge is 0.243 e. The van der Waals surface area contributed by atoms with Crippen molar-refractivity contribution in [1.29, 1.82) is 0 Å². The minimum atomic E-state index is -0.359. The van der Waals surface area contributed by atoms with Gasteiger partial charge in [0.1, 0.15) is 6.04 Å². The predicted octanol–water partition coefficient (Wildman–Crippen LogP) is 3.19. The number of nitrogens with zero attached hydrogens (tertiary/aromatic N) is 1. The molecule has 1 aromatic carbocycles. The molecule has 0 bridgehead atoms. The molecule has 26 heavy (non-hydrogen) atoms. The number of nitrogens with two attached hydrogens (primary N) is 1. The average Bonchev–Trinajstić information content (AvgIpc) is 2.60. The summed E-state index contributed by atoms with van der Waals surface area (Å²) in [4.78, 5) is 27.3. The lowest BCUT2D eigenvalue weighted by molar-refractivity contribution is -0.143. The van der Waals surface area contributed by atoms with Crippen LogP contribution in [0.3, 0.4) is 0 Å². The maximum absolute atomic E-state index is 13.1. The fourth-order valence-electron chi connectivity index (χ4n) is 4.23. The van der Waals surface area contributed by atoms with Gasteiger partial charge in [0.2, 0.25) is 11.8 Å². The van der Waals surface area contributed by atoms with Crippen molar-refractivity contribution in [3.05, 3.63) is 29.3 Å². The van der Waals surface area contributed by atoms with Gasteiger partial charge in [-0.15, -0.1) is 0 Å². The van der Waals surface area contributed by atoms with Crippen molar-refractivity contribution in [2.45, 2.75) is 70.9 Å². The van der Waals surface area contributed by atoms with Gasteiger partial charge in [-0.05, 0) is 67.7 Å². The van der Waals surface area contributed by atoms with E-state index in [1.807, 2.05) is 23.1 Å². The number of hydrogen-bond donors (Lipinski definition) is 2. The molecule has 1 aliphatic heterocycles. The largest absolute Gasteiger partial charge is 0.399 e. The van der Waals surface area contributed by atoms with Crippen LogP contribution in [-0.4, -0.2) is 29.3 Å². The number of fused-ring (bicyclic) bond motifs is 1. The second kappa shape index (κ2) is 8.11. The first-order valence-corrected chi connectivity index (χ1v) is 9.94. The Kier molecular flexibility index (Phi) is 5.84. The summed E-state index contributed by atoms with van der Waals surface area (Å²) in [6, 6.07) is 5.62. The van der Waals surface area contributed by atoms with Crippen LogP contribution in [0.2, 0.25) is 0 Å². The fourth-order valence-corrected chi connectivity index (χ4v) is 4.23. The van der Waals surface area contributed by atoms with Gasteiger partial charge in [-0.1, -0.05) is 19.9 Å². The summed E-state index contributed by atoms with van der Waals surface area (Å²) >= 11 is 0. The highest BCUT2D eigenvalue weighted by Crippen LogP contribution is 2.31. The van der Waals surface area contributed by atoms with Crippen molar-refractivity contribution in [1.82, 2.24) is 10.2 Å². The van der Waals surface area contributed by atoms with Crippen molar-refractivity contribution >= 4 is 17.5 Å². The van der Waals surface area contributed by atoms with Crippen LogP contribution >= 0.6 is 0 Å². The minimum absolute atomic E-state index is 0.0105. The normalized spacial score (nSPS) is 21.4. The third kappa shape index (κ3) is 4.19. The van der Waals surface area contributed by atoms with Crippen molar-refractivity contribution in [3.63, 3.8) is 0 Å². The summed E-state index contributed by atoms with van der Waals surface area (Å²) < 4.78 is 0. The maximum Gasteiger partial charge on any atom is 0.243 e. The third-order valence-corrected chi connectivity index (χ3v) is 5.53. The zero-order valence-corrected chi connectivity index (χ0v) is 16.0. The zero-order valence-electron chi connectivity index (χ0n) is 16.0. The molecule has 1 fully saturated rings. The van der Waals surface area contributed by atoms with E-state index in [1.165, 1.54) is 11.1 Å². The number of carbonyl (C=O) groups is 2. The van der Waals surface area contributed by atoms with Crippen LogP contribution in [0.1, 0.15) is 69.5 Å². The molecule has 1 aromatic rings. The summed E-state index contributed by atoms with van der Waals surface area (Å²) in [6.07, 6.45) is 6.17. The molecule has 2 aliphatic rings. The van der Waals surface area contributed by atoms with Crippen LogP contribution in [-0.2, 0) is 16.0 Å². The van der Waals surface area contributed by atoms with Gasteiger partial charge in [0.05, 0.1) is 6.04 Å². The van der Waals surface area contributed by atoms with Crippen LogP contribution in [0.15, 0.2) is 18.2 Å². The van der Waals surface area contributed by atoms with E-state index in [9.17, 15) is 9.59 Å². The molecule has 5 nitrogen and oxygen atoms in total. The van der Waals surface area contributed by atoms with Crippen LogP contribution in [0.4, 0.5) is 5.69 Å². The summed E-state index contributed by atoms with van der Waals surface area (Å²) in [5.74, 6) is 0.469. The Balaban J connectivity index is 1.77. The van der Waals surface area contributed by atoms with Gasteiger partial charge in [0.15, 0.2) is 0 Å². The third-order valence-electron chi connectivity index (χ3n) is 5.53. The highest BCUT2D eigenvalue weighted by Gasteiger charge is 2.33. The first kappa shape index (κ1) is 18.7. The number of amides is 2. The summed E-state index contributed by atoms with van der Waals surface area (Å²) in [5.41, 5.74) is 9.09. The minimum Gasteiger partial charge on any atom is -0.399 e. The molecule has 3 rings (SSSR count). The van der Waals surface area contributed by atoms with Gasteiger partial charge in [-0.25, -0.2) is 0 Å². The van der Waals surface area contributed by atoms with Crippen molar-refractivity contribution in [2.75, 3.05) is 12.3 Å². The Hall–Kier alpha value is -2.04. The average molecular weight is 357 g/mol. The van der Waals surface area contributed by atoms with E-state index in [-0.39, 0.29) is 23.9 Å². The Morgan fingerprint density at radius 1 is 1.27 bits per heavy atom. The number of hydrogen-bond acceptors (Lipinski definition) is 3. The monoisotopic (exact) mass is 357 g/mol. The molecule has 1 saturated heterocycles. The lowest BCUT2D eigenvalue weighted by Gasteiger charge is -2.36. The quantitative estimate of drug-likeness (QED) is 0.795. The molecule has 2 amide bonds. The van der Waals surface area contributed by atoms with E-state index < -0.39 is 0 Å². The molecule has 1 heterocycles. The number of nitrogens with one attached hydrogen (secondary N) is 1. The van der Waals surface area contributed by atoms with E-state index >= 15 is 0 Å². The molecule has 0 radical (unpaired) electrons. The van der Waals surface area contributed by atoms with Gasteiger partial charge >= 0.3 is 0 Å². The SMILES string of the molecule is CC(C)CC(C(=O)NC1CCCc2cc(N)ccc21)N1CCCCC1=O. The number of benzene rings is 1. The van der Waals surface area contributed by atoms with Crippen molar-refractivity contribution in [2.24, 2.45) is 5.92 Å². The van der Waals surface area contributed by atoms with Gasteiger partial charge < -0.3 is 16.0 Å². The Bertz CT molecular complexity index is 671. The Labute approximate surface area is 156 Å². The highest BCUT2D eigenvalue weighted by atomic mass is 16.2. The van der Waals surface area contributed by atoms with E-state index in [0.717, 1.165) is 37.8 Å². The number of likely N-dealkylation sites (tertiary alicyclic amines) is 1. The molecule has 0 spiro atoms. The van der Waals surface area contributed by atoms with Gasteiger partial charge in [0, 0.05) is 18.7 Å². The number of anilines is 1. The first-order valence-electron chi connectivity index (χ1n) is 9.94. The second-order valence-electron chi connectivity index (χ2n) is 8.10. The number of piperidine rings is 1. The lowest BCUT2D eigenvalue weighted by Crippen LogP contribution is -2.52. The Morgan fingerprint density at radius 3 is 2.81 bits per heavy atom. The Morgan fingerprint density at radius 2 is 2.08 bits per heavy atom. The molecule has 0 aromatic heterocycles. The molecule has 5 heteroatoms. The van der Waals surface area contributed by atoms with E-state index in [2.05, 4.69) is 19.2 Å². The maximum atomic E-state index is 13.1. The highest BCUT2D eigenvalue weighted by molar-refractivity contribution is 5.88. The van der Waals surface area contributed by atoms with Crippen LogP contribution in [0.25, 0.3) is 0 Å². The molecule has 2 atom stereocenters. The molecule has 0 saturated carbocycles. The molecule has 2 unspecified atom stereocenters. The van der Waals surface area contributed by atoms with Gasteiger partial charge in [-0.3, -0.25) is 9.59 Å². The molecule has 3 N–H and O–H groups in total. The molecular weight excluding hydrogens is 326 g/mol. The number of carbonyl (C=O) groups excluding carboxylic acids is 2. The standard InChI is InChI=1S/C21H31N3O2/c1-14(2)12-19(24-11-4-3-8-20(24)25)21(26)23-18-7-5-6-15-13-16(22)9-10-17(15)18/h9-10,13-14,18-19H,3-8,11-12,22H2,1-2H3,(H,23,26). The van der Waals surface area contributed by atoms with Crippen molar-refractivity contribution in [3.8, 4) is 0 Å². The van der Waals surface area contributed by atoms with Crippen LogP contribution < -0.4 is 11.1 Å². The molecule has 142 valence electrons. The number of nitrogen functional groups attached to an aromatic ring is 1. The number of rotatable bonds is 5. The van der Waals surface area contributed by atoms with Gasteiger partial charge in [-0.2, -0.15) is 0 Å². The van der Waals surface area contributed by atoms with Crippen LogP contribution in [0, 0.1) is 5.92 Å². The summed E-state index contributed by atoms with van der Waals surface area (Å²) in [6.45, 7) is 4.90. The first-order chi connectivity index (χ1) is 12.5. The topological polar surface area (TPSA) is 75.4 Å². The van der Waals surface area contributed by atoms with Gasteiger partial charge in [0.25, 0.3) is 0 Å². The fraction of sp³-hybridized carbons (Fsp3) is 0.619. The molecular formula is C21H31N3O2. The number of aryl methyl sites for hydroxylation is 1. The van der Waals surface area contributed by atoms with E-state index in [4.69, 9.17) is 5.73 Å². The zero-order chi connectivity index (χ0) is 18.7. The lowest BCUT2D eigenvalue weighted by atomic mass is 9.87. The predicted molar refractivity (Wildman–Crippen MR) is 103 cm³/mol.